The van der Waals surface area contributed by atoms with Crippen molar-refractivity contribution in [1.82, 2.24) is 0 Å². The Hall–Kier alpha value is -0.260. The van der Waals surface area contributed by atoms with Gasteiger partial charge in [0.15, 0.2) is 0 Å². The van der Waals surface area contributed by atoms with E-state index in [0.29, 0.717) is 22.3 Å². The fourth-order valence-electron chi connectivity index (χ4n) is 1.45. The summed E-state index contributed by atoms with van der Waals surface area (Å²) in [5, 5.41) is 0.880. The van der Waals surface area contributed by atoms with E-state index in [2.05, 4.69) is 15.9 Å². The quantitative estimate of drug-likeness (QED) is 0.835. The van der Waals surface area contributed by atoms with Crippen molar-refractivity contribution in [2.75, 3.05) is 6.54 Å². The van der Waals surface area contributed by atoms with Crippen molar-refractivity contribution in [3.05, 3.63) is 49.0 Å². The van der Waals surface area contributed by atoms with E-state index in [1.807, 2.05) is 12.1 Å². The molecule has 96 valence electrons. The molecular weight excluding hydrogens is 357 g/mol. The molecule has 0 spiro atoms. The molecule has 0 saturated carbocycles. The largest absolute Gasteiger partial charge is 0.482 e. The van der Waals surface area contributed by atoms with Crippen molar-refractivity contribution in [2.45, 2.75) is 6.10 Å². The molecule has 2 N–H and O–H groups in total. The topological polar surface area (TPSA) is 35.2 Å². The predicted octanol–water partition coefficient (Wildman–Crippen LogP) is 4.90. The van der Waals surface area contributed by atoms with Gasteiger partial charge in [-0.25, -0.2) is 0 Å². The maximum atomic E-state index is 6.08. The van der Waals surface area contributed by atoms with Gasteiger partial charge in [0, 0.05) is 11.4 Å². The van der Waals surface area contributed by atoms with Gasteiger partial charge in [0.2, 0.25) is 0 Å². The van der Waals surface area contributed by atoms with Crippen LogP contribution in [0, 0.1) is 0 Å². The summed E-state index contributed by atoms with van der Waals surface area (Å²) in [5.41, 5.74) is 5.74. The molecule has 0 fully saturated rings. The SMILES string of the molecule is NCC(Oc1cccc(Cl)c1Cl)c1ccc(Br)s1. The summed E-state index contributed by atoms with van der Waals surface area (Å²) in [7, 11) is 0. The molecule has 0 amide bonds. The molecule has 2 nitrogen and oxygen atoms in total. The highest BCUT2D eigenvalue weighted by Crippen LogP contribution is 2.36. The maximum absolute atomic E-state index is 6.08. The standard InChI is InChI=1S/C12H10BrCl2NOS/c13-11-5-4-10(18-11)9(6-16)17-8-3-1-2-7(14)12(8)15/h1-5,9H,6,16H2. The number of benzene rings is 1. The molecule has 18 heavy (non-hydrogen) atoms. The van der Waals surface area contributed by atoms with E-state index in [0.717, 1.165) is 8.66 Å². The first-order chi connectivity index (χ1) is 8.61. The van der Waals surface area contributed by atoms with Crippen LogP contribution in [0.1, 0.15) is 11.0 Å². The van der Waals surface area contributed by atoms with Gasteiger partial charge in [0.05, 0.1) is 8.81 Å². The zero-order chi connectivity index (χ0) is 13.1. The monoisotopic (exact) mass is 365 g/mol. The Labute approximate surface area is 128 Å². The van der Waals surface area contributed by atoms with Crippen LogP contribution in [0.4, 0.5) is 0 Å². The van der Waals surface area contributed by atoms with Crippen molar-refractivity contribution in [3.8, 4) is 5.75 Å². The van der Waals surface area contributed by atoms with Gasteiger partial charge in [-0.1, -0.05) is 29.3 Å². The average molecular weight is 367 g/mol. The highest BCUT2D eigenvalue weighted by Gasteiger charge is 2.16. The lowest BCUT2D eigenvalue weighted by atomic mass is 10.3. The van der Waals surface area contributed by atoms with Crippen LogP contribution in [0.3, 0.4) is 0 Å². The molecule has 0 saturated heterocycles. The summed E-state index contributed by atoms with van der Waals surface area (Å²) in [6.07, 6.45) is -0.225. The van der Waals surface area contributed by atoms with E-state index >= 15 is 0 Å². The molecule has 0 aliphatic rings. The van der Waals surface area contributed by atoms with Crippen LogP contribution in [-0.4, -0.2) is 6.54 Å². The van der Waals surface area contributed by atoms with Gasteiger partial charge in [-0.15, -0.1) is 11.3 Å². The van der Waals surface area contributed by atoms with E-state index < -0.39 is 0 Å². The van der Waals surface area contributed by atoms with Gasteiger partial charge in [0.1, 0.15) is 16.9 Å². The first-order valence-corrected chi connectivity index (χ1v) is 7.54. The molecule has 0 bridgehead atoms. The van der Waals surface area contributed by atoms with Gasteiger partial charge in [-0.05, 0) is 40.2 Å². The zero-order valence-electron chi connectivity index (χ0n) is 9.20. The first-order valence-electron chi connectivity index (χ1n) is 5.17. The van der Waals surface area contributed by atoms with Crippen molar-refractivity contribution < 1.29 is 4.74 Å². The van der Waals surface area contributed by atoms with Gasteiger partial charge < -0.3 is 10.5 Å². The third-order valence-electron chi connectivity index (χ3n) is 2.31. The van der Waals surface area contributed by atoms with Crippen LogP contribution in [0.15, 0.2) is 34.1 Å². The second-order valence-electron chi connectivity index (χ2n) is 3.54. The Balaban J connectivity index is 2.23. The first kappa shape index (κ1) is 14.2. The molecule has 1 unspecified atom stereocenters. The highest BCUT2D eigenvalue weighted by molar-refractivity contribution is 9.11. The predicted molar refractivity (Wildman–Crippen MR) is 80.9 cm³/mol. The molecule has 1 heterocycles. The van der Waals surface area contributed by atoms with Crippen molar-refractivity contribution in [1.29, 1.82) is 0 Å². The molecule has 1 atom stereocenters. The minimum absolute atomic E-state index is 0.225. The number of ether oxygens (including phenoxy) is 1. The summed E-state index contributed by atoms with van der Waals surface area (Å²) < 4.78 is 6.86. The molecule has 0 radical (unpaired) electrons. The zero-order valence-corrected chi connectivity index (χ0v) is 13.1. The minimum Gasteiger partial charge on any atom is -0.482 e. The number of hydrogen-bond donors (Lipinski definition) is 1. The Kier molecular flexibility index (Phi) is 4.92. The van der Waals surface area contributed by atoms with Crippen LogP contribution in [0.2, 0.25) is 10.0 Å². The lowest BCUT2D eigenvalue weighted by molar-refractivity contribution is 0.218. The summed E-state index contributed by atoms with van der Waals surface area (Å²) in [5.74, 6) is 0.545. The smallest absolute Gasteiger partial charge is 0.145 e. The molecule has 1 aromatic carbocycles. The normalized spacial score (nSPS) is 12.4. The fourth-order valence-corrected chi connectivity index (χ4v) is 3.25. The van der Waals surface area contributed by atoms with E-state index in [1.165, 1.54) is 0 Å². The Morgan fingerprint density at radius 2 is 2.06 bits per heavy atom. The Morgan fingerprint density at radius 1 is 1.28 bits per heavy atom. The number of halogens is 3. The second-order valence-corrected chi connectivity index (χ2v) is 6.82. The van der Waals surface area contributed by atoms with Crippen LogP contribution < -0.4 is 10.5 Å². The van der Waals surface area contributed by atoms with E-state index in [1.54, 1.807) is 29.5 Å². The molecule has 2 rings (SSSR count). The van der Waals surface area contributed by atoms with Crippen LogP contribution >= 0.6 is 50.5 Å². The van der Waals surface area contributed by atoms with E-state index in [4.69, 9.17) is 33.7 Å². The van der Waals surface area contributed by atoms with Crippen LogP contribution in [0.25, 0.3) is 0 Å². The second kappa shape index (κ2) is 6.26. The lowest BCUT2D eigenvalue weighted by Crippen LogP contribution is -2.17. The molecule has 0 aliphatic heterocycles. The van der Waals surface area contributed by atoms with E-state index in [-0.39, 0.29) is 6.10 Å². The molecular formula is C12H10BrCl2NOS. The Morgan fingerprint density at radius 3 is 2.67 bits per heavy atom. The third kappa shape index (κ3) is 3.19. The van der Waals surface area contributed by atoms with Crippen molar-refractivity contribution in [3.63, 3.8) is 0 Å². The van der Waals surface area contributed by atoms with Crippen molar-refractivity contribution in [2.24, 2.45) is 5.73 Å². The van der Waals surface area contributed by atoms with Crippen LogP contribution in [0.5, 0.6) is 5.75 Å². The molecule has 2 aromatic rings. The minimum atomic E-state index is -0.225. The highest BCUT2D eigenvalue weighted by atomic mass is 79.9. The lowest BCUT2D eigenvalue weighted by Gasteiger charge is -2.17. The van der Waals surface area contributed by atoms with Gasteiger partial charge in [-0.3, -0.25) is 0 Å². The number of nitrogens with two attached hydrogens (primary N) is 1. The van der Waals surface area contributed by atoms with E-state index in [9.17, 15) is 0 Å². The van der Waals surface area contributed by atoms with Gasteiger partial charge in [0.25, 0.3) is 0 Å². The van der Waals surface area contributed by atoms with Gasteiger partial charge >= 0.3 is 0 Å². The summed E-state index contributed by atoms with van der Waals surface area (Å²) in [6.45, 7) is 0.371. The number of thiophene rings is 1. The third-order valence-corrected chi connectivity index (χ3v) is 4.83. The summed E-state index contributed by atoms with van der Waals surface area (Å²) in [4.78, 5) is 1.04. The summed E-state index contributed by atoms with van der Waals surface area (Å²) in [6, 6.07) is 9.23. The molecule has 6 heteroatoms. The molecule has 1 aromatic heterocycles. The van der Waals surface area contributed by atoms with Gasteiger partial charge in [-0.2, -0.15) is 0 Å². The van der Waals surface area contributed by atoms with Crippen molar-refractivity contribution >= 4 is 50.5 Å². The fraction of sp³-hybridized carbons (Fsp3) is 0.167. The average Bonchev–Trinajstić information content (AvgIpc) is 2.78. The number of rotatable bonds is 4. The summed E-state index contributed by atoms with van der Waals surface area (Å²) >= 11 is 17.0. The maximum Gasteiger partial charge on any atom is 0.145 e. The Bertz CT molecular complexity index is 547. The number of hydrogen-bond acceptors (Lipinski definition) is 3. The molecule has 0 aliphatic carbocycles. The van der Waals surface area contributed by atoms with Crippen LogP contribution in [-0.2, 0) is 0 Å².